The van der Waals surface area contributed by atoms with Gasteiger partial charge in [-0.05, 0) is 42.5 Å². The largest absolute Gasteiger partial charge is 0.486 e. The lowest BCUT2D eigenvalue weighted by atomic mass is 10.2. The Morgan fingerprint density at radius 1 is 1.00 bits per heavy atom. The minimum atomic E-state index is -4.70. The summed E-state index contributed by atoms with van der Waals surface area (Å²) in [7, 11) is -4.38. The molecule has 1 amide bonds. The van der Waals surface area contributed by atoms with Crippen LogP contribution >= 0.6 is 0 Å². The first-order chi connectivity index (χ1) is 17.2. The van der Waals surface area contributed by atoms with Gasteiger partial charge in [-0.25, -0.2) is 13.8 Å². The number of nitrogens with one attached hydrogen (secondary N) is 1. The maximum atomic E-state index is 13.3. The molecule has 8 nitrogen and oxygen atoms in total. The smallest absolute Gasteiger partial charge is 0.416 e. The van der Waals surface area contributed by atoms with Crippen molar-refractivity contribution in [2.75, 3.05) is 24.1 Å². The predicted molar refractivity (Wildman–Crippen MR) is 126 cm³/mol. The minimum Gasteiger partial charge on any atom is -0.486 e. The molecule has 0 saturated carbocycles. The third-order valence-corrected chi connectivity index (χ3v) is 6.86. The van der Waals surface area contributed by atoms with E-state index in [9.17, 15) is 26.4 Å². The van der Waals surface area contributed by atoms with E-state index in [1.807, 2.05) is 0 Å². The lowest BCUT2D eigenvalue weighted by Crippen LogP contribution is -2.39. The Hall–Kier alpha value is -4.06. The first-order valence-corrected chi connectivity index (χ1v) is 12.1. The predicted octanol–water partition coefficient (Wildman–Crippen LogP) is 3.82. The van der Waals surface area contributed by atoms with Crippen molar-refractivity contribution in [3.05, 3.63) is 83.9 Å². The number of ether oxygens (including phenoxy) is 2. The molecule has 0 radical (unpaired) electrons. The number of para-hydroxylation sites is 1. The summed E-state index contributed by atoms with van der Waals surface area (Å²) >= 11 is 0. The minimum absolute atomic E-state index is 0.188. The summed E-state index contributed by atoms with van der Waals surface area (Å²) < 4.78 is 78.0. The van der Waals surface area contributed by atoms with Crippen LogP contribution in [0.1, 0.15) is 11.1 Å². The summed E-state index contributed by atoms with van der Waals surface area (Å²) in [4.78, 5) is 12.5. The summed E-state index contributed by atoms with van der Waals surface area (Å²) in [6, 6.07) is 15.9. The zero-order valence-electron chi connectivity index (χ0n) is 18.6. The number of benzene rings is 3. The molecule has 0 aliphatic carbocycles. The van der Waals surface area contributed by atoms with E-state index in [-0.39, 0.29) is 10.6 Å². The molecule has 36 heavy (non-hydrogen) atoms. The van der Waals surface area contributed by atoms with Crippen molar-refractivity contribution in [1.82, 2.24) is 5.43 Å². The third-order valence-electron chi connectivity index (χ3n) is 5.07. The molecule has 1 aliphatic heterocycles. The molecule has 0 aromatic heterocycles. The molecule has 12 heteroatoms. The molecule has 1 heterocycles. The molecule has 3 aromatic carbocycles. The van der Waals surface area contributed by atoms with Gasteiger partial charge in [0.15, 0.2) is 11.5 Å². The summed E-state index contributed by atoms with van der Waals surface area (Å²) in [5.74, 6) is 0.0883. The number of amides is 1. The van der Waals surface area contributed by atoms with Gasteiger partial charge in [0.1, 0.15) is 19.8 Å². The van der Waals surface area contributed by atoms with E-state index in [1.54, 1.807) is 24.3 Å². The second-order valence-electron chi connectivity index (χ2n) is 7.54. The third kappa shape index (κ3) is 5.60. The molecule has 0 atom stereocenters. The van der Waals surface area contributed by atoms with Crippen molar-refractivity contribution in [2.24, 2.45) is 5.10 Å². The van der Waals surface area contributed by atoms with Gasteiger partial charge in [-0.1, -0.05) is 30.3 Å². The highest BCUT2D eigenvalue weighted by atomic mass is 32.2. The number of sulfonamides is 1. The second-order valence-corrected chi connectivity index (χ2v) is 9.40. The highest BCUT2D eigenvalue weighted by Gasteiger charge is 2.33. The lowest BCUT2D eigenvalue weighted by Gasteiger charge is -2.24. The van der Waals surface area contributed by atoms with E-state index in [0.29, 0.717) is 40.6 Å². The molecular formula is C24H20F3N3O5S. The van der Waals surface area contributed by atoms with E-state index in [0.717, 1.165) is 12.1 Å². The number of anilines is 1. The van der Waals surface area contributed by atoms with Crippen LogP contribution in [0.5, 0.6) is 11.5 Å². The molecule has 188 valence electrons. The highest BCUT2D eigenvalue weighted by Crippen LogP contribution is 2.34. The molecular weight excluding hydrogens is 499 g/mol. The average Bonchev–Trinajstić information content (AvgIpc) is 2.87. The van der Waals surface area contributed by atoms with Crippen LogP contribution in [0, 0.1) is 0 Å². The average molecular weight is 520 g/mol. The molecule has 1 N–H and O–H groups in total. The van der Waals surface area contributed by atoms with Crippen molar-refractivity contribution in [1.29, 1.82) is 0 Å². The van der Waals surface area contributed by atoms with E-state index in [1.165, 1.54) is 36.5 Å². The van der Waals surface area contributed by atoms with Crippen LogP contribution in [-0.2, 0) is 21.0 Å². The number of fused-ring (bicyclic) bond motifs is 1. The fourth-order valence-electron chi connectivity index (χ4n) is 3.41. The van der Waals surface area contributed by atoms with Gasteiger partial charge in [0, 0.05) is 5.56 Å². The van der Waals surface area contributed by atoms with Crippen LogP contribution in [0.25, 0.3) is 0 Å². The summed E-state index contributed by atoms with van der Waals surface area (Å²) in [5, 5.41) is 3.85. The van der Waals surface area contributed by atoms with Crippen molar-refractivity contribution in [2.45, 2.75) is 11.1 Å². The van der Waals surface area contributed by atoms with Crippen LogP contribution < -0.4 is 19.2 Å². The highest BCUT2D eigenvalue weighted by molar-refractivity contribution is 7.92. The Morgan fingerprint density at radius 2 is 1.72 bits per heavy atom. The quantitative estimate of drug-likeness (QED) is 0.378. The topological polar surface area (TPSA) is 97.3 Å². The van der Waals surface area contributed by atoms with Crippen molar-refractivity contribution >= 4 is 27.8 Å². The molecule has 0 bridgehead atoms. The second kappa shape index (κ2) is 10.3. The normalized spacial score (nSPS) is 13.4. The van der Waals surface area contributed by atoms with Crippen molar-refractivity contribution in [3.63, 3.8) is 0 Å². The number of rotatable bonds is 7. The number of halogens is 3. The Bertz CT molecular complexity index is 1380. The number of hydrogen-bond acceptors (Lipinski definition) is 6. The van der Waals surface area contributed by atoms with E-state index in [2.05, 4.69) is 10.5 Å². The SMILES string of the molecule is O=C(CN(c1cccc(C(F)(F)F)c1)S(=O)(=O)c1ccccc1)N/N=C/c1cccc2c1OCCO2. The van der Waals surface area contributed by atoms with Gasteiger partial charge < -0.3 is 9.47 Å². The summed E-state index contributed by atoms with van der Waals surface area (Å²) in [6.07, 6.45) is -3.41. The van der Waals surface area contributed by atoms with Crippen LogP contribution in [0.3, 0.4) is 0 Å². The van der Waals surface area contributed by atoms with Gasteiger partial charge in [0.25, 0.3) is 15.9 Å². The molecule has 1 aliphatic rings. The molecule has 3 aromatic rings. The van der Waals surface area contributed by atoms with Gasteiger partial charge in [0.05, 0.1) is 22.4 Å². The van der Waals surface area contributed by atoms with Gasteiger partial charge in [-0.2, -0.15) is 18.3 Å². The summed E-state index contributed by atoms with van der Waals surface area (Å²) in [5.41, 5.74) is 1.35. The van der Waals surface area contributed by atoms with Crippen molar-refractivity contribution in [3.8, 4) is 11.5 Å². The van der Waals surface area contributed by atoms with Crippen LogP contribution in [0.2, 0.25) is 0 Å². The number of alkyl halides is 3. The first-order valence-electron chi connectivity index (χ1n) is 10.6. The Kier molecular flexibility index (Phi) is 7.15. The number of carbonyl (C=O) groups is 1. The van der Waals surface area contributed by atoms with Crippen LogP contribution in [-0.4, -0.2) is 40.3 Å². The van der Waals surface area contributed by atoms with Gasteiger partial charge in [-0.3, -0.25) is 9.10 Å². The fraction of sp³-hybridized carbons (Fsp3) is 0.167. The van der Waals surface area contributed by atoms with Crippen LogP contribution in [0.4, 0.5) is 18.9 Å². The molecule has 4 rings (SSSR count). The zero-order chi connectivity index (χ0) is 25.8. The van der Waals surface area contributed by atoms with Gasteiger partial charge >= 0.3 is 6.18 Å². The van der Waals surface area contributed by atoms with Crippen molar-refractivity contribution < 1.29 is 35.9 Å². The Morgan fingerprint density at radius 3 is 2.47 bits per heavy atom. The Balaban J connectivity index is 1.59. The molecule has 0 unspecified atom stereocenters. The van der Waals surface area contributed by atoms with E-state index in [4.69, 9.17) is 9.47 Å². The number of carbonyl (C=O) groups excluding carboxylic acids is 1. The standard InChI is InChI=1S/C24H20F3N3O5S/c25-24(26,27)18-7-5-8-19(14-18)30(36(32,33)20-9-2-1-3-10-20)16-22(31)29-28-15-17-6-4-11-21-23(17)35-13-12-34-21/h1-11,14-15H,12-13,16H2,(H,29,31)/b28-15+. The number of nitrogens with zero attached hydrogens (tertiary/aromatic N) is 2. The molecule has 0 spiro atoms. The van der Waals surface area contributed by atoms with Gasteiger partial charge in [0.2, 0.25) is 0 Å². The summed E-state index contributed by atoms with van der Waals surface area (Å²) in [6.45, 7) is -0.0819. The molecule has 0 saturated heterocycles. The number of hydrazone groups is 1. The first kappa shape index (κ1) is 25.0. The zero-order valence-corrected chi connectivity index (χ0v) is 19.4. The maximum absolute atomic E-state index is 13.3. The lowest BCUT2D eigenvalue weighted by molar-refractivity contribution is -0.137. The monoisotopic (exact) mass is 519 g/mol. The van der Waals surface area contributed by atoms with Gasteiger partial charge in [-0.15, -0.1) is 0 Å². The molecule has 0 fully saturated rings. The maximum Gasteiger partial charge on any atom is 0.416 e. The Labute approximate surface area is 205 Å². The van der Waals surface area contributed by atoms with E-state index < -0.39 is 34.2 Å². The van der Waals surface area contributed by atoms with E-state index >= 15 is 0 Å². The van der Waals surface area contributed by atoms with Crippen LogP contribution in [0.15, 0.2) is 82.8 Å². The number of hydrogen-bond donors (Lipinski definition) is 1. The fourth-order valence-corrected chi connectivity index (χ4v) is 4.84.